The first-order valence-electron chi connectivity index (χ1n) is 13.8. The molecule has 0 fully saturated rings. The van der Waals surface area contributed by atoms with Crippen molar-refractivity contribution in [3.05, 3.63) is 101 Å². The maximum atomic E-state index is 14.2. The Morgan fingerprint density at radius 1 is 1.07 bits per heavy atom. The first kappa shape index (κ1) is 30.8. The number of benzene rings is 2. The predicted molar refractivity (Wildman–Crippen MR) is 150 cm³/mol. The molecule has 2 amide bonds. The van der Waals surface area contributed by atoms with Gasteiger partial charge in [-0.3, -0.25) is 19.6 Å². The second kappa shape index (κ2) is 12.5. The van der Waals surface area contributed by atoms with Gasteiger partial charge in [0.05, 0.1) is 23.3 Å². The molecule has 2 aliphatic rings. The summed E-state index contributed by atoms with van der Waals surface area (Å²) < 4.78 is 83.2. The van der Waals surface area contributed by atoms with Gasteiger partial charge in [0, 0.05) is 24.2 Å². The van der Waals surface area contributed by atoms with E-state index in [1.165, 1.54) is 18.3 Å². The van der Waals surface area contributed by atoms with E-state index in [-0.39, 0.29) is 29.7 Å². The van der Waals surface area contributed by atoms with Crippen molar-refractivity contribution >= 4 is 17.5 Å². The number of carbonyl (C=O) groups is 2. The number of amides is 2. The molecule has 3 aromatic rings. The fourth-order valence-electron chi connectivity index (χ4n) is 5.58. The highest BCUT2D eigenvalue weighted by Gasteiger charge is 2.44. The average molecular weight is 616 g/mol. The number of hydrogen-bond acceptors (Lipinski definition) is 5. The minimum atomic E-state index is -4.66. The van der Waals surface area contributed by atoms with E-state index in [4.69, 9.17) is 5.73 Å². The number of rotatable bonds is 9. The predicted octanol–water partition coefficient (Wildman–Crippen LogP) is 5.77. The number of carbonyl (C=O) groups excluding carboxylic acids is 2. The van der Waals surface area contributed by atoms with E-state index < -0.39 is 59.8 Å². The first-order chi connectivity index (χ1) is 20.9. The fourth-order valence-corrected chi connectivity index (χ4v) is 5.58. The van der Waals surface area contributed by atoms with Crippen molar-refractivity contribution in [1.29, 1.82) is 0 Å². The van der Waals surface area contributed by atoms with Gasteiger partial charge < -0.3 is 11.1 Å². The molecule has 13 heteroatoms. The van der Waals surface area contributed by atoms with Gasteiger partial charge in [-0.25, -0.2) is 13.2 Å². The number of hydrazone groups is 1. The van der Waals surface area contributed by atoms with E-state index in [1.807, 2.05) is 6.08 Å². The van der Waals surface area contributed by atoms with Crippen molar-refractivity contribution in [2.75, 3.05) is 6.54 Å². The molecule has 0 spiro atoms. The topological polar surface area (TPSA) is 101 Å². The van der Waals surface area contributed by atoms with Crippen LogP contribution in [0.1, 0.15) is 53.3 Å². The summed E-state index contributed by atoms with van der Waals surface area (Å²) in [7, 11) is 0. The van der Waals surface area contributed by atoms with Crippen LogP contribution in [0.25, 0.3) is 11.1 Å². The summed E-state index contributed by atoms with van der Waals surface area (Å²) >= 11 is 0. The van der Waals surface area contributed by atoms with Gasteiger partial charge in [0.25, 0.3) is 5.91 Å². The molecule has 0 radical (unpaired) electrons. The Labute approximate surface area is 248 Å². The van der Waals surface area contributed by atoms with Gasteiger partial charge in [0.2, 0.25) is 5.91 Å². The highest BCUT2D eigenvalue weighted by molar-refractivity contribution is 5.94. The molecule has 1 aliphatic heterocycles. The molecule has 0 saturated carbocycles. The van der Waals surface area contributed by atoms with Crippen molar-refractivity contribution in [1.82, 2.24) is 15.3 Å². The molecule has 5 rings (SSSR count). The first-order valence-corrected chi connectivity index (χ1v) is 13.8. The molecule has 1 unspecified atom stereocenters. The van der Waals surface area contributed by atoms with E-state index in [9.17, 15) is 35.9 Å². The molecule has 2 aromatic carbocycles. The third kappa shape index (κ3) is 6.92. The summed E-state index contributed by atoms with van der Waals surface area (Å²) in [5.41, 5.74) is 5.76. The average Bonchev–Trinajstić information content (AvgIpc) is 3.62. The summed E-state index contributed by atoms with van der Waals surface area (Å²) in [6, 6.07) is 7.86. The molecule has 230 valence electrons. The number of nitrogens with one attached hydrogen (secondary N) is 1. The van der Waals surface area contributed by atoms with Crippen LogP contribution in [-0.2, 0) is 11.2 Å². The van der Waals surface area contributed by atoms with Crippen molar-refractivity contribution in [2.24, 2.45) is 10.8 Å². The second-order valence-electron chi connectivity index (χ2n) is 10.6. The summed E-state index contributed by atoms with van der Waals surface area (Å²) in [6.07, 6.45) is 0.186. The fraction of sp³-hybridized carbons (Fsp3) is 0.290. The lowest BCUT2D eigenvalue weighted by atomic mass is 9.94. The van der Waals surface area contributed by atoms with Crippen LogP contribution in [0.5, 0.6) is 0 Å². The lowest BCUT2D eigenvalue weighted by molar-refractivity contribution is -0.123. The van der Waals surface area contributed by atoms with Crippen LogP contribution in [0.2, 0.25) is 0 Å². The van der Waals surface area contributed by atoms with E-state index in [0.717, 1.165) is 41.6 Å². The lowest BCUT2D eigenvalue weighted by Gasteiger charge is -2.26. The van der Waals surface area contributed by atoms with Crippen LogP contribution in [0.4, 0.5) is 26.3 Å². The Hall–Kier alpha value is -4.68. The van der Waals surface area contributed by atoms with E-state index in [0.29, 0.717) is 23.6 Å². The minimum Gasteiger partial charge on any atom is -0.366 e. The Balaban J connectivity index is 1.49. The number of nitrogens with zero attached hydrogens (tertiary/aromatic N) is 3. The second-order valence-corrected chi connectivity index (χ2v) is 10.6. The van der Waals surface area contributed by atoms with Crippen LogP contribution in [0, 0.1) is 17.5 Å². The SMILES string of the molecule is NC(=O)c1cc(-c2cccnc2[C@H](Cc2cc(F)cc(F)c2)NC(=O)CN2N=C(C(F)(F)F)CC2C2=CCCC2)ccc1F. The Kier molecular flexibility index (Phi) is 8.75. The maximum Gasteiger partial charge on any atom is 0.431 e. The van der Waals surface area contributed by atoms with Crippen LogP contribution in [0.15, 0.2) is 71.5 Å². The smallest absolute Gasteiger partial charge is 0.366 e. The summed E-state index contributed by atoms with van der Waals surface area (Å²) in [5.74, 6) is -4.27. The highest BCUT2D eigenvalue weighted by atomic mass is 19.4. The number of hydrogen-bond donors (Lipinski definition) is 2. The summed E-state index contributed by atoms with van der Waals surface area (Å²) in [6.45, 7) is -0.528. The van der Waals surface area contributed by atoms with E-state index >= 15 is 0 Å². The molecule has 3 N–H and O–H groups in total. The Morgan fingerprint density at radius 2 is 1.82 bits per heavy atom. The maximum absolute atomic E-state index is 14.2. The van der Waals surface area contributed by atoms with Crippen LogP contribution < -0.4 is 11.1 Å². The third-order valence-corrected chi connectivity index (χ3v) is 7.54. The van der Waals surface area contributed by atoms with E-state index in [2.05, 4.69) is 15.4 Å². The quantitative estimate of drug-likeness (QED) is 0.236. The standard InChI is InChI=1S/C31H27F6N5O2/c32-20-10-17(11-21(33)14-20)12-25(29-22(6-3-9-39-29)19-7-8-24(34)23(13-19)30(38)44)40-28(43)16-42-26(18-4-1-2-5-18)15-27(41-42)31(35,36)37/h3-4,6-11,13-14,25-26H,1-2,5,12,15-16H2,(H2,38,44)(H,40,43)/t25-,26?/m0/s1. The summed E-state index contributed by atoms with van der Waals surface area (Å²) in [5, 5.41) is 7.61. The monoisotopic (exact) mass is 615 g/mol. The van der Waals surface area contributed by atoms with Crippen molar-refractivity contribution in [2.45, 2.75) is 50.4 Å². The number of halogens is 6. The van der Waals surface area contributed by atoms with Crippen LogP contribution in [-0.4, -0.2) is 46.3 Å². The zero-order chi connectivity index (χ0) is 31.6. The molecular weight excluding hydrogens is 588 g/mol. The van der Waals surface area contributed by atoms with Gasteiger partial charge in [0.15, 0.2) is 0 Å². The molecule has 0 bridgehead atoms. The lowest BCUT2D eigenvalue weighted by Crippen LogP contribution is -2.40. The normalized spacial score (nSPS) is 17.3. The van der Waals surface area contributed by atoms with Crippen LogP contribution in [0.3, 0.4) is 0 Å². The molecule has 2 atom stereocenters. The van der Waals surface area contributed by atoms with Crippen LogP contribution >= 0.6 is 0 Å². The molecule has 0 saturated heterocycles. The Morgan fingerprint density at radius 3 is 2.48 bits per heavy atom. The number of allylic oxidation sites excluding steroid dienone is 1. The van der Waals surface area contributed by atoms with Gasteiger partial charge in [-0.2, -0.15) is 18.3 Å². The minimum absolute atomic E-state index is 0.161. The Bertz CT molecular complexity index is 1630. The van der Waals surface area contributed by atoms with Gasteiger partial charge in [-0.1, -0.05) is 18.2 Å². The van der Waals surface area contributed by atoms with Crippen molar-refractivity contribution in [3.63, 3.8) is 0 Å². The molecule has 7 nitrogen and oxygen atoms in total. The summed E-state index contributed by atoms with van der Waals surface area (Å²) in [4.78, 5) is 29.6. The van der Waals surface area contributed by atoms with Crippen molar-refractivity contribution < 1.29 is 35.9 Å². The number of alkyl halides is 3. The van der Waals surface area contributed by atoms with E-state index in [1.54, 1.807) is 12.1 Å². The number of primary amides is 1. The van der Waals surface area contributed by atoms with Gasteiger partial charge in [-0.15, -0.1) is 0 Å². The largest absolute Gasteiger partial charge is 0.431 e. The number of nitrogens with two attached hydrogens (primary N) is 1. The number of aromatic nitrogens is 1. The number of pyridine rings is 1. The third-order valence-electron chi connectivity index (χ3n) is 7.54. The molecular formula is C31H27F6N5O2. The molecule has 1 aliphatic carbocycles. The zero-order valence-electron chi connectivity index (χ0n) is 23.2. The van der Waals surface area contributed by atoms with Gasteiger partial charge in [0.1, 0.15) is 29.7 Å². The van der Waals surface area contributed by atoms with Gasteiger partial charge >= 0.3 is 6.18 Å². The molecule has 1 aromatic heterocycles. The van der Waals surface area contributed by atoms with Gasteiger partial charge in [-0.05, 0) is 72.7 Å². The molecule has 44 heavy (non-hydrogen) atoms. The zero-order valence-corrected chi connectivity index (χ0v) is 23.2. The van der Waals surface area contributed by atoms with Crippen molar-refractivity contribution in [3.8, 4) is 11.1 Å². The molecule has 2 heterocycles. The highest BCUT2D eigenvalue weighted by Crippen LogP contribution is 2.35.